The Kier molecular flexibility index (Phi) is 4.80. The fourth-order valence-corrected chi connectivity index (χ4v) is 3.15. The van der Waals surface area contributed by atoms with Gasteiger partial charge in [-0.25, -0.2) is 0 Å². The van der Waals surface area contributed by atoms with Crippen molar-refractivity contribution in [3.63, 3.8) is 0 Å². The van der Waals surface area contributed by atoms with Crippen LogP contribution < -0.4 is 5.32 Å². The van der Waals surface area contributed by atoms with E-state index in [1.54, 1.807) is 16.9 Å². The number of nitrogens with one attached hydrogen (secondary N) is 1. The fraction of sp³-hybridized carbons (Fsp3) is 0.0909. The summed E-state index contributed by atoms with van der Waals surface area (Å²) in [5.41, 5.74) is 0.122. The summed E-state index contributed by atoms with van der Waals surface area (Å²) in [7, 11) is 0. The molecule has 0 unspecified atom stereocenters. The number of carbonyl (C=O) groups excluding carboxylic acids is 1. The van der Waals surface area contributed by atoms with E-state index in [4.69, 9.17) is 0 Å². The fourth-order valence-electron chi connectivity index (χ4n) is 3.15. The number of hydrogen-bond acceptors (Lipinski definition) is 2. The summed E-state index contributed by atoms with van der Waals surface area (Å²) in [6.07, 6.45) is -2.79. The monoisotopic (exact) mass is 395 g/mol. The zero-order chi connectivity index (χ0) is 20.4. The first-order valence-corrected chi connectivity index (χ1v) is 8.89. The van der Waals surface area contributed by atoms with Crippen molar-refractivity contribution >= 4 is 22.5 Å². The number of anilines is 1. The lowest BCUT2D eigenvalue weighted by molar-refractivity contribution is -0.137. The van der Waals surface area contributed by atoms with Crippen LogP contribution in [-0.2, 0) is 12.7 Å². The van der Waals surface area contributed by atoms with Crippen LogP contribution in [-0.4, -0.2) is 15.7 Å². The molecule has 0 saturated carbocycles. The lowest BCUT2D eigenvalue weighted by Gasteiger charge is -2.08. The Balaban J connectivity index is 1.50. The van der Waals surface area contributed by atoms with Gasteiger partial charge in [-0.15, -0.1) is 0 Å². The van der Waals surface area contributed by atoms with Crippen LogP contribution in [0.25, 0.3) is 10.8 Å². The van der Waals surface area contributed by atoms with Crippen LogP contribution in [0.2, 0.25) is 0 Å². The molecule has 0 radical (unpaired) electrons. The number of rotatable bonds is 4. The van der Waals surface area contributed by atoms with Crippen molar-refractivity contribution in [2.45, 2.75) is 12.7 Å². The Hall–Kier alpha value is -3.61. The molecule has 0 aliphatic rings. The third-order valence-corrected chi connectivity index (χ3v) is 4.55. The number of nitrogens with zero attached hydrogens (tertiary/aromatic N) is 2. The molecule has 1 heterocycles. The third kappa shape index (κ3) is 4.13. The van der Waals surface area contributed by atoms with Gasteiger partial charge in [0.15, 0.2) is 5.82 Å². The summed E-state index contributed by atoms with van der Waals surface area (Å²) >= 11 is 0. The maximum Gasteiger partial charge on any atom is 0.416 e. The molecule has 4 rings (SSSR count). The largest absolute Gasteiger partial charge is 0.416 e. The Labute approximate surface area is 164 Å². The van der Waals surface area contributed by atoms with Gasteiger partial charge in [0.25, 0.3) is 5.91 Å². The number of fused-ring (bicyclic) bond motifs is 1. The molecule has 0 fully saturated rings. The molecule has 0 spiro atoms. The number of halogens is 3. The van der Waals surface area contributed by atoms with Crippen molar-refractivity contribution in [3.8, 4) is 0 Å². The summed E-state index contributed by atoms with van der Waals surface area (Å²) in [4.78, 5) is 12.3. The van der Waals surface area contributed by atoms with Gasteiger partial charge in [-0.1, -0.05) is 48.5 Å². The number of alkyl halides is 3. The van der Waals surface area contributed by atoms with Crippen molar-refractivity contribution in [2.75, 3.05) is 5.32 Å². The van der Waals surface area contributed by atoms with Crippen LogP contribution in [0.5, 0.6) is 0 Å². The molecule has 3 aromatic carbocycles. The Bertz CT molecular complexity index is 1180. The van der Waals surface area contributed by atoms with Crippen molar-refractivity contribution in [1.29, 1.82) is 0 Å². The second kappa shape index (κ2) is 7.43. The predicted molar refractivity (Wildman–Crippen MR) is 105 cm³/mol. The highest BCUT2D eigenvalue weighted by molar-refractivity contribution is 6.03. The van der Waals surface area contributed by atoms with E-state index in [9.17, 15) is 18.0 Å². The quantitative estimate of drug-likeness (QED) is 0.506. The van der Waals surface area contributed by atoms with Crippen molar-refractivity contribution in [2.24, 2.45) is 0 Å². The molecule has 0 saturated heterocycles. The minimum absolute atomic E-state index is 0.0802. The molecule has 1 amide bonds. The SMILES string of the molecule is O=C(Nc1ccn(Cc2cccc3ccccc23)n1)c1cccc(C(F)(F)F)c1. The zero-order valence-corrected chi connectivity index (χ0v) is 15.1. The standard InChI is InChI=1S/C22H16F3N3O/c23-22(24,25)18-9-4-7-16(13-18)21(29)26-20-11-12-28(27-20)14-17-8-3-6-15-5-1-2-10-19(15)17/h1-13H,14H2,(H,26,27,29). The first kappa shape index (κ1) is 18.7. The van der Waals surface area contributed by atoms with Crippen molar-refractivity contribution < 1.29 is 18.0 Å². The summed E-state index contributed by atoms with van der Waals surface area (Å²) < 4.78 is 40.2. The molecular formula is C22H16F3N3O. The highest BCUT2D eigenvalue weighted by Gasteiger charge is 2.30. The molecule has 1 aromatic heterocycles. The predicted octanol–water partition coefficient (Wildman–Crippen LogP) is 5.36. The number of hydrogen-bond donors (Lipinski definition) is 1. The molecular weight excluding hydrogens is 379 g/mol. The van der Waals surface area contributed by atoms with E-state index in [-0.39, 0.29) is 11.4 Å². The molecule has 1 N–H and O–H groups in total. The highest BCUT2D eigenvalue weighted by atomic mass is 19.4. The topological polar surface area (TPSA) is 46.9 Å². The van der Waals surface area contributed by atoms with Crippen LogP contribution in [0.4, 0.5) is 19.0 Å². The van der Waals surface area contributed by atoms with Gasteiger partial charge < -0.3 is 5.32 Å². The lowest BCUT2D eigenvalue weighted by Crippen LogP contribution is -2.14. The first-order valence-electron chi connectivity index (χ1n) is 8.89. The Morgan fingerprint density at radius 3 is 2.55 bits per heavy atom. The molecule has 0 bridgehead atoms. The van der Waals surface area contributed by atoms with Gasteiger partial charge in [0.1, 0.15) is 0 Å². The minimum Gasteiger partial charge on any atom is -0.305 e. The van der Waals surface area contributed by atoms with Crippen LogP contribution in [0.15, 0.2) is 79.0 Å². The Morgan fingerprint density at radius 1 is 0.966 bits per heavy atom. The molecule has 0 atom stereocenters. The van der Waals surface area contributed by atoms with E-state index in [0.717, 1.165) is 28.5 Å². The molecule has 146 valence electrons. The maximum atomic E-state index is 12.8. The highest BCUT2D eigenvalue weighted by Crippen LogP contribution is 2.29. The second-order valence-electron chi connectivity index (χ2n) is 6.57. The summed E-state index contributed by atoms with van der Waals surface area (Å²) in [5, 5.41) is 9.09. The van der Waals surface area contributed by atoms with E-state index >= 15 is 0 Å². The van der Waals surface area contributed by atoms with Gasteiger partial charge in [-0.2, -0.15) is 18.3 Å². The molecule has 7 heteroatoms. The van der Waals surface area contributed by atoms with Crippen LogP contribution in [0, 0.1) is 0 Å². The van der Waals surface area contributed by atoms with E-state index < -0.39 is 17.6 Å². The van der Waals surface area contributed by atoms with Gasteiger partial charge in [-0.3, -0.25) is 9.48 Å². The number of carbonyl (C=O) groups is 1. The average Bonchev–Trinajstić information content (AvgIpc) is 3.14. The molecule has 4 nitrogen and oxygen atoms in total. The molecule has 4 aromatic rings. The minimum atomic E-state index is -4.50. The summed E-state index contributed by atoms with van der Waals surface area (Å²) in [6.45, 7) is 0.501. The number of amides is 1. The normalized spacial score (nSPS) is 11.6. The smallest absolute Gasteiger partial charge is 0.305 e. The van der Waals surface area contributed by atoms with Gasteiger partial charge in [-0.05, 0) is 34.5 Å². The van der Waals surface area contributed by atoms with Crippen molar-refractivity contribution in [1.82, 2.24) is 9.78 Å². The summed E-state index contributed by atoms with van der Waals surface area (Å²) in [5.74, 6) is -0.376. The molecule has 0 aliphatic heterocycles. The van der Waals surface area contributed by atoms with Crippen LogP contribution >= 0.6 is 0 Å². The van der Waals surface area contributed by atoms with E-state index in [1.165, 1.54) is 12.1 Å². The molecule has 29 heavy (non-hydrogen) atoms. The Morgan fingerprint density at radius 2 is 1.72 bits per heavy atom. The average molecular weight is 395 g/mol. The van der Waals surface area contributed by atoms with Crippen LogP contribution in [0.3, 0.4) is 0 Å². The van der Waals surface area contributed by atoms with E-state index in [1.807, 2.05) is 42.5 Å². The van der Waals surface area contributed by atoms with Crippen molar-refractivity contribution in [3.05, 3.63) is 95.7 Å². The first-order chi connectivity index (χ1) is 13.9. The van der Waals surface area contributed by atoms with Gasteiger partial charge in [0, 0.05) is 17.8 Å². The van der Waals surface area contributed by atoms with Gasteiger partial charge in [0.05, 0.1) is 12.1 Å². The van der Waals surface area contributed by atoms with Crippen LogP contribution in [0.1, 0.15) is 21.5 Å². The number of aromatic nitrogens is 2. The second-order valence-corrected chi connectivity index (χ2v) is 6.57. The number of benzene rings is 3. The lowest BCUT2D eigenvalue weighted by atomic mass is 10.0. The van der Waals surface area contributed by atoms with E-state index in [2.05, 4.69) is 10.4 Å². The third-order valence-electron chi connectivity index (χ3n) is 4.55. The maximum absolute atomic E-state index is 12.8. The summed E-state index contributed by atoms with van der Waals surface area (Å²) in [6, 6.07) is 19.9. The van der Waals surface area contributed by atoms with Gasteiger partial charge >= 0.3 is 6.18 Å². The molecule has 0 aliphatic carbocycles. The van der Waals surface area contributed by atoms with Gasteiger partial charge in [0.2, 0.25) is 0 Å². The van der Waals surface area contributed by atoms with E-state index in [0.29, 0.717) is 6.54 Å². The zero-order valence-electron chi connectivity index (χ0n) is 15.1.